The topological polar surface area (TPSA) is 33.7 Å². The van der Waals surface area contributed by atoms with E-state index < -0.39 is 0 Å². The minimum absolute atomic E-state index is 0.346. The lowest BCUT2D eigenvalue weighted by atomic mass is 9.93. The van der Waals surface area contributed by atoms with Gasteiger partial charge in [-0.05, 0) is 24.5 Å². The van der Waals surface area contributed by atoms with Crippen molar-refractivity contribution in [1.29, 1.82) is 0 Å². The van der Waals surface area contributed by atoms with E-state index in [0.717, 1.165) is 44.1 Å². The standard InChI is InChI=1S/C17H28N2O2/c1-13(2)12-14(19-10-8-18-9-11-19)17-15(20-3)6-5-7-16(17)21-4/h5-7,13-14,18H,8-12H2,1-4H3/t14-/m1/s1. The molecule has 1 saturated heterocycles. The molecule has 1 aliphatic heterocycles. The van der Waals surface area contributed by atoms with Crippen LogP contribution in [0.15, 0.2) is 18.2 Å². The fourth-order valence-corrected chi connectivity index (χ4v) is 3.10. The van der Waals surface area contributed by atoms with Crippen LogP contribution in [0, 0.1) is 5.92 Å². The van der Waals surface area contributed by atoms with Crippen LogP contribution in [0.25, 0.3) is 0 Å². The molecule has 4 nitrogen and oxygen atoms in total. The zero-order valence-corrected chi connectivity index (χ0v) is 13.7. The van der Waals surface area contributed by atoms with Gasteiger partial charge in [0.2, 0.25) is 0 Å². The van der Waals surface area contributed by atoms with Gasteiger partial charge in [0.15, 0.2) is 0 Å². The lowest BCUT2D eigenvalue weighted by molar-refractivity contribution is 0.148. The van der Waals surface area contributed by atoms with Gasteiger partial charge in [0.05, 0.1) is 19.8 Å². The monoisotopic (exact) mass is 292 g/mol. The van der Waals surface area contributed by atoms with Gasteiger partial charge in [-0.1, -0.05) is 19.9 Å². The maximum atomic E-state index is 5.62. The van der Waals surface area contributed by atoms with Crippen molar-refractivity contribution in [2.45, 2.75) is 26.3 Å². The van der Waals surface area contributed by atoms with E-state index in [0.29, 0.717) is 12.0 Å². The Balaban J connectivity index is 2.39. The van der Waals surface area contributed by atoms with Crippen LogP contribution in [-0.4, -0.2) is 45.3 Å². The fraction of sp³-hybridized carbons (Fsp3) is 0.647. The van der Waals surface area contributed by atoms with Crippen LogP contribution in [-0.2, 0) is 0 Å². The third-order valence-corrected chi connectivity index (χ3v) is 4.09. The van der Waals surface area contributed by atoms with Gasteiger partial charge in [-0.15, -0.1) is 0 Å². The summed E-state index contributed by atoms with van der Waals surface area (Å²) in [6.45, 7) is 8.78. The summed E-state index contributed by atoms with van der Waals surface area (Å²) in [7, 11) is 3.48. The molecule has 0 saturated carbocycles. The quantitative estimate of drug-likeness (QED) is 0.874. The molecule has 1 aromatic rings. The molecule has 0 amide bonds. The summed E-state index contributed by atoms with van der Waals surface area (Å²) in [6.07, 6.45) is 1.11. The Kier molecular flexibility index (Phi) is 5.88. The van der Waals surface area contributed by atoms with Crippen LogP contribution >= 0.6 is 0 Å². The van der Waals surface area contributed by atoms with Crippen LogP contribution in [0.4, 0.5) is 0 Å². The van der Waals surface area contributed by atoms with Gasteiger partial charge >= 0.3 is 0 Å². The summed E-state index contributed by atoms with van der Waals surface area (Å²) in [5, 5.41) is 3.43. The number of piperazine rings is 1. The molecule has 0 bridgehead atoms. The van der Waals surface area contributed by atoms with Crippen molar-refractivity contribution in [3.63, 3.8) is 0 Å². The molecule has 0 spiro atoms. The SMILES string of the molecule is COc1cccc(OC)c1[C@@H](CC(C)C)N1CCNCC1. The summed E-state index contributed by atoms with van der Waals surface area (Å²) in [5.74, 6) is 2.48. The Morgan fingerprint density at radius 3 is 2.14 bits per heavy atom. The Labute approximate surface area is 128 Å². The second-order valence-corrected chi connectivity index (χ2v) is 6.01. The van der Waals surface area contributed by atoms with Crippen molar-refractivity contribution < 1.29 is 9.47 Å². The molecule has 1 heterocycles. The number of nitrogens with one attached hydrogen (secondary N) is 1. The molecule has 1 atom stereocenters. The summed E-state index contributed by atoms with van der Waals surface area (Å²) in [5.41, 5.74) is 1.19. The molecule has 2 rings (SSSR count). The zero-order valence-electron chi connectivity index (χ0n) is 13.7. The van der Waals surface area contributed by atoms with Crippen molar-refractivity contribution in [1.82, 2.24) is 10.2 Å². The van der Waals surface area contributed by atoms with Gasteiger partial charge < -0.3 is 14.8 Å². The van der Waals surface area contributed by atoms with Gasteiger partial charge in [-0.2, -0.15) is 0 Å². The maximum absolute atomic E-state index is 5.62. The average molecular weight is 292 g/mol. The molecule has 0 aliphatic carbocycles. The molecule has 21 heavy (non-hydrogen) atoms. The van der Waals surface area contributed by atoms with E-state index in [2.05, 4.69) is 24.1 Å². The Bertz CT molecular complexity index is 420. The smallest absolute Gasteiger partial charge is 0.127 e. The molecule has 4 heteroatoms. The first-order chi connectivity index (χ1) is 10.2. The van der Waals surface area contributed by atoms with E-state index in [1.165, 1.54) is 5.56 Å². The minimum atomic E-state index is 0.346. The van der Waals surface area contributed by atoms with Crippen molar-refractivity contribution >= 4 is 0 Å². The molecule has 1 N–H and O–H groups in total. The van der Waals surface area contributed by atoms with E-state index in [9.17, 15) is 0 Å². The molecule has 1 aliphatic rings. The van der Waals surface area contributed by atoms with Crippen LogP contribution in [0.2, 0.25) is 0 Å². The third kappa shape index (κ3) is 3.89. The Hall–Kier alpha value is -1.26. The molecule has 0 aromatic heterocycles. The highest BCUT2D eigenvalue weighted by Crippen LogP contribution is 2.40. The van der Waals surface area contributed by atoms with Gasteiger partial charge in [0.25, 0.3) is 0 Å². The number of ether oxygens (including phenoxy) is 2. The highest BCUT2D eigenvalue weighted by Gasteiger charge is 2.28. The minimum Gasteiger partial charge on any atom is -0.496 e. The van der Waals surface area contributed by atoms with Crippen molar-refractivity contribution in [3.05, 3.63) is 23.8 Å². The zero-order chi connectivity index (χ0) is 15.2. The van der Waals surface area contributed by atoms with E-state index in [1.54, 1.807) is 14.2 Å². The van der Waals surface area contributed by atoms with Crippen molar-refractivity contribution in [2.75, 3.05) is 40.4 Å². The van der Waals surface area contributed by atoms with Gasteiger partial charge in [-0.3, -0.25) is 4.90 Å². The highest BCUT2D eigenvalue weighted by molar-refractivity contribution is 5.47. The van der Waals surface area contributed by atoms with Crippen molar-refractivity contribution in [2.24, 2.45) is 5.92 Å². The number of benzene rings is 1. The molecule has 118 valence electrons. The Morgan fingerprint density at radius 2 is 1.67 bits per heavy atom. The van der Waals surface area contributed by atoms with Gasteiger partial charge in [0, 0.05) is 32.2 Å². The number of methoxy groups -OCH3 is 2. The Morgan fingerprint density at radius 1 is 1.10 bits per heavy atom. The van der Waals surface area contributed by atoms with Gasteiger partial charge in [-0.25, -0.2) is 0 Å². The third-order valence-electron chi connectivity index (χ3n) is 4.09. The molecule has 0 radical (unpaired) electrons. The first-order valence-electron chi connectivity index (χ1n) is 7.83. The number of hydrogen-bond donors (Lipinski definition) is 1. The van der Waals surface area contributed by atoms with E-state index in [-0.39, 0.29) is 0 Å². The highest BCUT2D eigenvalue weighted by atomic mass is 16.5. The number of nitrogens with zero attached hydrogens (tertiary/aromatic N) is 1. The van der Waals surface area contributed by atoms with E-state index in [1.807, 2.05) is 18.2 Å². The summed E-state index contributed by atoms with van der Waals surface area (Å²) >= 11 is 0. The number of rotatable bonds is 6. The van der Waals surface area contributed by atoms with Crippen LogP contribution in [0.1, 0.15) is 31.9 Å². The van der Waals surface area contributed by atoms with E-state index >= 15 is 0 Å². The normalized spacial score (nSPS) is 17.8. The van der Waals surface area contributed by atoms with Gasteiger partial charge in [0.1, 0.15) is 11.5 Å². The van der Waals surface area contributed by atoms with E-state index in [4.69, 9.17) is 9.47 Å². The van der Waals surface area contributed by atoms with Crippen LogP contribution in [0.5, 0.6) is 11.5 Å². The summed E-state index contributed by atoms with van der Waals surface area (Å²) in [6, 6.07) is 6.41. The summed E-state index contributed by atoms with van der Waals surface area (Å²) in [4.78, 5) is 2.55. The first kappa shape index (κ1) is 16.1. The predicted molar refractivity (Wildman–Crippen MR) is 86.2 cm³/mol. The lowest BCUT2D eigenvalue weighted by Gasteiger charge is -2.37. The lowest BCUT2D eigenvalue weighted by Crippen LogP contribution is -2.45. The molecular weight excluding hydrogens is 264 g/mol. The van der Waals surface area contributed by atoms with Crippen LogP contribution < -0.4 is 14.8 Å². The second-order valence-electron chi connectivity index (χ2n) is 6.01. The fourth-order valence-electron chi connectivity index (χ4n) is 3.10. The largest absolute Gasteiger partial charge is 0.496 e. The van der Waals surface area contributed by atoms with Crippen LogP contribution in [0.3, 0.4) is 0 Å². The average Bonchev–Trinajstić information content (AvgIpc) is 2.52. The molecular formula is C17H28N2O2. The number of hydrogen-bond acceptors (Lipinski definition) is 4. The van der Waals surface area contributed by atoms with Crippen molar-refractivity contribution in [3.8, 4) is 11.5 Å². The summed E-state index contributed by atoms with van der Waals surface area (Å²) < 4.78 is 11.2. The molecule has 0 unspecified atom stereocenters. The second kappa shape index (κ2) is 7.66. The predicted octanol–water partition coefficient (Wildman–Crippen LogP) is 2.70. The molecule has 1 fully saturated rings. The first-order valence-corrected chi connectivity index (χ1v) is 7.83. The molecule has 1 aromatic carbocycles. The maximum Gasteiger partial charge on any atom is 0.127 e.